The highest BCUT2D eigenvalue weighted by molar-refractivity contribution is 5.96. The van der Waals surface area contributed by atoms with Crippen LogP contribution >= 0.6 is 0 Å². The maximum atomic E-state index is 11.5. The second-order valence-corrected chi connectivity index (χ2v) is 4.02. The van der Waals surface area contributed by atoms with Crippen molar-refractivity contribution in [1.82, 2.24) is 10.6 Å². The number of carbonyl (C=O) groups excluding carboxylic acids is 2. The molecule has 0 heterocycles. The van der Waals surface area contributed by atoms with Gasteiger partial charge in [-0.2, -0.15) is 0 Å². The molecule has 20 heavy (non-hydrogen) atoms. The summed E-state index contributed by atoms with van der Waals surface area (Å²) in [7, 11) is 0. The first-order valence-electron chi connectivity index (χ1n) is 6.00. The summed E-state index contributed by atoms with van der Waals surface area (Å²) >= 11 is 0. The van der Waals surface area contributed by atoms with E-state index in [0.717, 1.165) is 5.56 Å². The number of benzene rings is 1. The van der Waals surface area contributed by atoms with Crippen molar-refractivity contribution in [2.75, 3.05) is 18.4 Å². The molecule has 8 nitrogen and oxygen atoms in total. The molecule has 0 unspecified atom stereocenters. The molecule has 0 aliphatic heterocycles. The van der Waals surface area contributed by atoms with Crippen LogP contribution in [0.4, 0.5) is 16.2 Å². The lowest BCUT2D eigenvalue weighted by Crippen LogP contribution is -2.41. The lowest BCUT2D eigenvalue weighted by atomic mass is 10.2. The van der Waals surface area contributed by atoms with E-state index in [4.69, 9.17) is 0 Å². The summed E-state index contributed by atoms with van der Waals surface area (Å²) in [5.74, 6) is -0.526. The quantitative estimate of drug-likeness (QED) is 0.553. The Morgan fingerprint density at radius 3 is 2.65 bits per heavy atom. The van der Waals surface area contributed by atoms with Crippen molar-refractivity contribution >= 4 is 23.3 Å². The summed E-state index contributed by atoms with van der Waals surface area (Å²) in [6.07, 6.45) is 0. The molecule has 1 aromatic rings. The van der Waals surface area contributed by atoms with Crippen molar-refractivity contribution in [3.63, 3.8) is 0 Å². The molecule has 0 saturated carbocycles. The van der Waals surface area contributed by atoms with Crippen LogP contribution in [0.25, 0.3) is 0 Å². The first-order valence-corrected chi connectivity index (χ1v) is 6.00. The molecule has 0 bridgehead atoms. The fourth-order valence-corrected chi connectivity index (χ4v) is 1.47. The molecule has 8 heteroatoms. The Labute approximate surface area is 115 Å². The predicted octanol–water partition coefficient (Wildman–Crippen LogP) is 1.16. The third-order valence-electron chi connectivity index (χ3n) is 2.46. The number of carbonyl (C=O) groups is 2. The summed E-state index contributed by atoms with van der Waals surface area (Å²) in [5, 5.41) is 18.0. The van der Waals surface area contributed by atoms with E-state index >= 15 is 0 Å². The van der Waals surface area contributed by atoms with Crippen LogP contribution in [0.5, 0.6) is 0 Å². The van der Waals surface area contributed by atoms with Gasteiger partial charge in [0.1, 0.15) is 0 Å². The SMILES string of the molecule is CCNC(=O)NC(=O)CNc1cc([N+](=O)[O-])ccc1C. The number of nitro groups is 1. The van der Waals surface area contributed by atoms with Gasteiger partial charge >= 0.3 is 6.03 Å². The number of non-ortho nitro benzene ring substituents is 1. The summed E-state index contributed by atoms with van der Waals surface area (Å²) in [4.78, 5) is 32.7. The Morgan fingerprint density at radius 2 is 2.05 bits per heavy atom. The summed E-state index contributed by atoms with van der Waals surface area (Å²) in [6.45, 7) is 3.75. The number of amides is 3. The molecule has 0 aliphatic rings. The number of nitro benzene ring substituents is 1. The van der Waals surface area contributed by atoms with Gasteiger partial charge in [-0.05, 0) is 19.4 Å². The van der Waals surface area contributed by atoms with Gasteiger partial charge in [0.15, 0.2) is 0 Å². The van der Waals surface area contributed by atoms with Crippen molar-refractivity contribution < 1.29 is 14.5 Å². The second kappa shape index (κ2) is 7.07. The van der Waals surface area contributed by atoms with Gasteiger partial charge in [0.2, 0.25) is 5.91 Å². The van der Waals surface area contributed by atoms with Gasteiger partial charge in [-0.3, -0.25) is 20.2 Å². The van der Waals surface area contributed by atoms with Crippen molar-refractivity contribution in [2.45, 2.75) is 13.8 Å². The van der Waals surface area contributed by atoms with Gasteiger partial charge in [-0.15, -0.1) is 0 Å². The number of hydrogen-bond donors (Lipinski definition) is 3. The van der Waals surface area contributed by atoms with E-state index in [0.29, 0.717) is 12.2 Å². The third kappa shape index (κ3) is 4.56. The van der Waals surface area contributed by atoms with Crippen molar-refractivity contribution in [2.24, 2.45) is 0 Å². The Kier molecular flexibility index (Phi) is 5.45. The van der Waals surface area contributed by atoms with Crippen LogP contribution in [0, 0.1) is 17.0 Å². The lowest BCUT2D eigenvalue weighted by Gasteiger charge is -2.09. The highest BCUT2D eigenvalue weighted by Gasteiger charge is 2.10. The van der Waals surface area contributed by atoms with Crippen LogP contribution in [-0.2, 0) is 4.79 Å². The maximum absolute atomic E-state index is 11.5. The molecule has 0 aliphatic carbocycles. The Hall–Kier alpha value is -2.64. The zero-order valence-corrected chi connectivity index (χ0v) is 11.2. The number of aryl methyl sites for hydroxylation is 1. The van der Waals surface area contributed by atoms with Gasteiger partial charge < -0.3 is 10.6 Å². The molecule has 3 amide bonds. The molecule has 0 fully saturated rings. The molecular weight excluding hydrogens is 264 g/mol. The van der Waals surface area contributed by atoms with Crippen LogP contribution in [0.3, 0.4) is 0 Å². The fraction of sp³-hybridized carbons (Fsp3) is 0.333. The number of hydrogen-bond acceptors (Lipinski definition) is 5. The monoisotopic (exact) mass is 280 g/mol. The van der Waals surface area contributed by atoms with Crippen molar-refractivity contribution in [3.05, 3.63) is 33.9 Å². The van der Waals surface area contributed by atoms with E-state index in [-0.39, 0.29) is 12.2 Å². The molecule has 1 aromatic carbocycles. The number of nitrogens with one attached hydrogen (secondary N) is 3. The third-order valence-corrected chi connectivity index (χ3v) is 2.46. The zero-order valence-electron chi connectivity index (χ0n) is 11.2. The summed E-state index contributed by atoms with van der Waals surface area (Å²) in [5.41, 5.74) is 1.17. The molecule has 0 saturated heterocycles. The average molecular weight is 280 g/mol. The second-order valence-electron chi connectivity index (χ2n) is 4.02. The Balaban J connectivity index is 2.61. The van der Waals surface area contributed by atoms with Crippen LogP contribution < -0.4 is 16.0 Å². The topological polar surface area (TPSA) is 113 Å². The summed E-state index contributed by atoms with van der Waals surface area (Å²) < 4.78 is 0. The van der Waals surface area contributed by atoms with Gasteiger partial charge in [-0.25, -0.2) is 4.79 Å². The highest BCUT2D eigenvalue weighted by Crippen LogP contribution is 2.21. The van der Waals surface area contributed by atoms with Crippen LogP contribution in [0.15, 0.2) is 18.2 Å². The largest absolute Gasteiger partial charge is 0.376 e. The Bertz CT molecular complexity index is 530. The van der Waals surface area contributed by atoms with Gasteiger partial charge in [-0.1, -0.05) is 6.07 Å². The van der Waals surface area contributed by atoms with E-state index in [1.165, 1.54) is 12.1 Å². The molecular formula is C12H16N4O4. The molecule has 0 spiro atoms. The molecule has 0 atom stereocenters. The standard InChI is InChI=1S/C12H16N4O4/c1-3-13-12(18)15-11(17)7-14-10-6-9(16(19)20)5-4-8(10)2/h4-6,14H,3,7H2,1-2H3,(H2,13,15,17,18). The number of urea groups is 1. The maximum Gasteiger partial charge on any atom is 0.321 e. The minimum Gasteiger partial charge on any atom is -0.376 e. The minimum absolute atomic E-state index is 0.0674. The molecule has 108 valence electrons. The number of rotatable bonds is 5. The number of nitrogens with zero attached hydrogens (tertiary/aromatic N) is 1. The van der Waals surface area contributed by atoms with E-state index < -0.39 is 16.9 Å². The predicted molar refractivity (Wildman–Crippen MR) is 73.5 cm³/mol. The van der Waals surface area contributed by atoms with E-state index in [2.05, 4.69) is 16.0 Å². The number of imide groups is 1. The Morgan fingerprint density at radius 1 is 1.35 bits per heavy atom. The van der Waals surface area contributed by atoms with E-state index in [1.807, 2.05) is 0 Å². The smallest absolute Gasteiger partial charge is 0.321 e. The highest BCUT2D eigenvalue weighted by atomic mass is 16.6. The van der Waals surface area contributed by atoms with Gasteiger partial charge in [0, 0.05) is 24.4 Å². The lowest BCUT2D eigenvalue weighted by molar-refractivity contribution is -0.384. The first-order chi connectivity index (χ1) is 9.43. The average Bonchev–Trinajstić information content (AvgIpc) is 2.37. The molecule has 0 radical (unpaired) electrons. The van der Waals surface area contributed by atoms with E-state index in [9.17, 15) is 19.7 Å². The molecule has 3 N–H and O–H groups in total. The van der Waals surface area contributed by atoms with Crippen molar-refractivity contribution in [1.29, 1.82) is 0 Å². The number of anilines is 1. The molecule has 0 aromatic heterocycles. The van der Waals surface area contributed by atoms with Crippen LogP contribution in [0.2, 0.25) is 0 Å². The normalized spacial score (nSPS) is 9.70. The van der Waals surface area contributed by atoms with Crippen molar-refractivity contribution in [3.8, 4) is 0 Å². The van der Waals surface area contributed by atoms with Gasteiger partial charge in [0.05, 0.1) is 11.5 Å². The molecule has 1 rings (SSSR count). The fourth-order valence-electron chi connectivity index (χ4n) is 1.47. The van der Waals surface area contributed by atoms with Crippen LogP contribution in [-0.4, -0.2) is 30.0 Å². The summed E-state index contributed by atoms with van der Waals surface area (Å²) in [6, 6.07) is 3.74. The minimum atomic E-state index is -0.574. The zero-order chi connectivity index (χ0) is 15.1. The first kappa shape index (κ1) is 15.4. The van der Waals surface area contributed by atoms with E-state index in [1.54, 1.807) is 19.9 Å². The van der Waals surface area contributed by atoms with Crippen LogP contribution in [0.1, 0.15) is 12.5 Å². The van der Waals surface area contributed by atoms with Gasteiger partial charge in [0.25, 0.3) is 5.69 Å².